The van der Waals surface area contributed by atoms with Gasteiger partial charge in [-0.15, -0.1) is 0 Å². The maximum Gasteiger partial charge on any atom is 0.222 e. The SMILES string of the molecule is CN(CC1(O)CCOCC1)C(=O)CCC1CCCCC1. The Hall–Kier alpha value is -0.610. The molecule has 2 aliphatic rings. The number of nitrogens with zero attached hydrogens (tertiary/aromatic N) is 1. The Morgan fingerprint density at radius 2 is 1.90 bits per heavy atom. The molecule has 0 atom stereocenters. The van der Waals surface area contributed by atoms with Crippen molar-refractivity contribution in [2.75, 3.05) is 26.8 Å². The van der Waals surface area contributed by atoms with E-state index in [0.717, 1.165) is 12.3 Å². The standard InChI is InChI=1S/C16H29NO3/c1-17(13-16(19)9-11-20-12-10-16)15(18)8-7-14-5-3-2-4-6-14/h14,19H,2-13H2,1H3. The van der Waals surface area contributed by atoms with Crippen molar-refractivity contribution >= 4 is 5.91 Å². The molecule has 1 amide bonds. The second-order valence-corrected chi connectivity index (χ2v) is 6.63. The Morgan fingerprint density at radius 3 is 2.55 bits per heavy atom. The molecular formula is C16H29NO3. The molecule has 20 heavy (non-hydrogen) atoms. The van der Waals surface area contributed by atoms with Crippen molar-refractivity contribution < 1.29 is 14.6 Å². The topological polar surface area (TPSA) is 49.8 Å². The lowest BCUT2D eigenvalue weighted by atomic mass is 9.86. The van der Waals surface area contributed by atoms with Crippen LogP contribution < -0.4 is 0 Å². The molecule has 1 saturated carbocycles. The molecule has 0 radical (unpaired) electrons. The summed E-state index contributed by atoms with van der Waals surface area (Å²) in [5.74, 6) is 0.919. The highest BCUT2D eigenvalue weighted by atomic mass is 16.5. The van der Waals surface area contributed by atoms with Crippen LogP contribution in [0, 0.1) is 5.92 Å². The van der Waals surface area contributed by atoms with Crippen molar-refractivity contribution in [3.63, 3.8) is 0 Å². The third-order valence-corrected chi connectivity index (χ3v) is 4.87. The molecule has 2 rings (SSSR count). The van der Waals surface area contributed by atoms with Crippen molar-refractivity contribution in [2.45, 2.75) is 63.4 Å². The summed E-state index contributed by atoms with van der Waals surface area (Å²) in [6.45, 7) is 1.64. The van der Waals surface area contributed by atoms with E-state index in [-0.39, 0.29) is 5.91 Å². The first kappa shape index (κ1) is 15.8. The zero-order valence-electron chi connectivity index (χ0n) is 12.8. The number of amides is 1. The molecule has 1 saturated heterocycles. The third kappa shape index (κ3) is 4.74. The van der Waals surface area contributed by atoms with Gasteiger partial charge in [0.1, 0.15) is 0 Å². The maximum absolute atomic E-state index is 12.2. The third-order valence-electron chi connectivity index (χ3n) is 4.87. The van der Waals surface area contributed by atoms with Gasteiger partial charge >= 0.3 is 0 Å². The molecule has 0 aromatic carbocycles. The molecule has 0 spiro atoms. The largest absolute Gasteiger partial charge is 0.388 e. The normalized spacial score (nSPS) is 23.5. The summed E-state index contributed by atoms with van der Waals surface area (Å²) in [5.41, 5.74) is -0.743. The minimum atomic E-state index is -0.743. The van der Waals surface area contributed by atoms with Crippen LogP contribution in [0.5, 0.6) is 0 Å². The van der Waals surface area contributed by atoms with Crippen LogP contribution in [0.3, 0.4) is 0 Å². The number of carbonyl (C=O) groups is 1. The van der Waals surface area contributed by atoms with E-state index < -0.39 is 5.60 Å². The van der Waals surface area contributed by atoms with Gasteiger partial charge in [0.05, 0.1) is 5.60 Å². The Bertz CT molecular complexity index is 307. The lowest BCUT2D eigenvalue weighted by molar-refractivity contribution is -0.137. The molecule has 0 aromatic rings. The van der Waals surface area contributed by atoms with E-state index in [9.17, 15) is 9.90 Å². The van der Waals surface area contributed by atoms with Crippen molar-refractivity contribution in [1.82, 2.24) is 4.90 Å². The highest BCUT2D eigenvalue weighted by molar-refractivity contribution is 5.75. The van der Waals surface area contributed by atoms with Crippen LogP contribution in [0.4, 0.5) is 0 Å². The Balaban J connectivity index is 1.70. The van der Waals surface area contributed by atoms with Crippen LogP contribution in [0.1, 0.15) is 57.8 Å². The molecule has 4 nitrogen and oxygen atoms in total. The Kier molecular flexibility index (Phi) is 5.85. The minimum Gasteiger partial charge on any atom is -0.388 e. The highest BCUT2D eigenvalue weighted by Gasteiger charge is 2.32. The van der Waals surface area contributed by atoms with E-state index in [4.69, 9.17) is 4.74 Å². The molecule has 2 fully saturated rings. The smallest absolute Gasteiger partial charge is 0.222 e. The summed E-state index contributed by atoms with van der Waals surface area (Å²) in [6, 6.07) is 0. The lowest BCUT2D eigenvalue weighted by Gasteiger charge is -2.35. The van der Waals surface area contributed by atoms with Gasteiger partial charge in [-0.1, -0.05) is 32.1 Å². The first-order valence-electron chi connectivity index (χ1n) is 8.13. The zero-order valence-corrected chi connectivity index (χ0v) is 12.8. The molecule has 4 heteroatoms. The summed E-state index contributed by atoms with van der Waals surface area (Å²) < 4.78 is 5.27. The van der Waals surface area contributed by atoms with Crippen molar-refractivity contribution in [3.8, 4) is 0 Å². The van der Waals surface area contributed by atoms with Gasteiger partial charge in [-0.3, -0.25) is 4.79 Å². The van der Waals surface area contributed by atoms with Crippen LogP contribution in [-0.2, 0) is 9.53 Å². The average Bonchev–Trinajstić information content (AvgIpc) is 2.46. The van der Waals surface area contributed by atoms with Gasteiger partial charge in [0.15, 0.2) is 0 Å². The number of rotatable bonds is 5. The van der Waals surface area contributed by atoms with Crippen molar-refractivity contribution in [2.24, 2.45) is 5.92 Å². The van der Waals surface area contributed by atoms with Gasteiger partial charge in [-0.2, -0.15) is 0 Å². The van der Waals surface area contributed by atoms with Crippen molar-refractivity contribution in [1.29, 1.82) is 0 Å². The molecule has 1 N–H and O–H groups in total. The fourth-order valence-corrected chi connectivity index (χ4v) is 3.43. The molecule has 1 aliphatic heterocycles. The fraction of sp³-hybridized carbons (Fsp3) is 0.938. The van der Waals surface area contributed by atoms with Gasteiger partial charge in [-0.05, 0) is 12.3 Å². The van der Waals surface area contributed by atoms with Crippen molar-refractivity contribution in [3.05, 3.63) is 0 Å². The van der Waals surface area contributed by atoms with Crippen LogP contribution in [0.2, 0.25) is 0 Å². The second kappa shape index (κ2) is 7.41. The van der Waals surface area contributed by atoms with E-state index in [2.05, 4.69) is 0 Å². The van der Waals surface area contributed by atoms with Gasteiger partial charge in [-0.25, -0.2) is 0 Å². The molecule has 0 bridgehead atoms. The Labute approximate surface area is 122 Å². The van der Waals surface area contributed by atoms with Crippen LogP contribution in [0.25, 0.3) is 0 Å². The van der Waals surface area contributed by atoms with Gasteiger partial charge in [0.25, 0.3) is 0 Å². The molecule has 0 aromatic heterocycles. The lowest BCUT2D eigenvalue weighted by Crippen LogP contribution is -2.47. The van der Waals surface area contributed by atoms with E-state index in [0.29, 0.717) is 39.0 Å². The van der Waals surface area contributed by atoms with E-state index in [1.54, 1.807) is 4.90 Å². The summed E-state index contributed by atoms with van der Waals surface area (Å²) in [5, 5.41) is 10.4. The van der Waals surface area contributed by atoms with Crippen LogP contribution in [0.15, 0.2) is 0 Å². The summed E-state index contributed by atoms with van der Waals surface area (Å²) in [7, 11) is 1.82. The first-order chi connectivity index (χ1) is 9.59. The number of carbonyl (C=O) groups excluding carboxylic acids is 1. The highest BCUT2D eigenvalue weighted by Crippen LogP contribution is 2.28. The molecule has 0 unspecified atom stereocenters. The monoisotopic (exact) mass is 283 g/mol. The number of likely N-dealkylation sites (N-methyl/N-ethyl adjacent to an activating group) is 1. The molecular weight excluding hydrogens is 254 g/mol. The second-order valence-electron chi connectivity index (χ2n) is 6.63. The fourth-order valence-electron chi connectivity index (χ4n) is 3.43. The average molecular weight is 283 g/mol. The van der Waals surface area contributed by atoms with Gasteiger partial charge in [0, 0.05) is 46.1 Å². The number of ether oxygens (including phenoxy) is 1. The number of hydrogen-bond donors (Lipinski definition) is 1. The summed E-state index contributed by atoms with van der Waals surface area (Å²) in [4.78, 5) is 13.9. The number of aliphatic hydroxyl groups is 1. The zero-order chi connectivity index (χ0) is 14.4. The van der Waals surface area contributed by atoms with Gasteiger partial charge < -0.3 is 14.7 Å². The molecule has 1 aliphatic carbocycles. The van der Waals surface area contributed by atoms with E-state index >= 15 is 0 Å². The molecule has 116 valence electrons. The number of hydrogen-bond acceptors (Lipinski definition) is 3. The summed E-state index contributed by atoms with van der Waals surface area (Å²) >= 11 is 0. The maximum atomic E-state index is 12.2. The van der Waals surface area contributed by atoms with Crippen LogP contribution >= 0.6 is 0 Å². The van der Waals surface area contributed by atoms with Crippen LogP contribution in [-0.4, -0.2) is 48.3 Å². The molecule has 1 heterocycles. The quantitative estimate of drug-likeness (QED) is 0.842. The predicted octanol–water partition coefficient (Wildman–Crippen LogP) is 2.35. The van der Waals surface area contributed by atoms with E-state index in [1.807, 2.05) is 7.05 Å². The predicted molar refractivity (Wildman–Crippen MR) is 78.4 cm³/mol. The minimum absolute atomic E-state index is 0.176. The Morgan fingerprint density at radius 1 is 1.25 bits per heavy atom. The summed E-state index contributed by atoms with van der Waals surface area (Å²) in [6.07, 6.45) is 9.51. The van der Waals surface area contributed by atoms with E-state index in [1.165, 1.54) is 32.1 Å². The van der Waals surface area contributed by atoms with Gasteiger partial charge in [0.2, 0.25) is 5.91 Å². The first-order valence-corrected chi connectivity index (χ1v) is 8.13.